The first-order valence-corrected chi connectivity index (χ1v) is 5.55. The molecule has 0 spiro atoms. The molecule has 2 aromatic carbocycles. The number of halogens is 3. The summed E-state index contributed by atoms with van der Waals surface area (Å²) in [5.74, 6) is -0.539. The quantitative estimate of drug-likeness (QED) is 0.919. The Morgan fingerprint density at radius 1 is 0.947 bits per heavy atom. The fraction of sp³-hybridized carbons (Fsp3) is 0.143. The summed E-state index contributed by atoms with van der Waals surface area (Å²) in [6.07, 6.45) is -1.16. The summed E-state index contributed by atoms with van der Waals surface area (Å²) in [6.45, 7) is -2.97. The third kappa shape index (κ3) is 3.26. The molecule has 0 aliphatic carbocycles. The number of alkyl halides is 2. The van der Waals surface area contributed by atoms with Gasteiger partial charge in [-0.05, 0) is 23.8 Å². The zero-order chi connectivity index (χ0) is 13.8. The van der Waals surface area contributed by atoms with Crippen molar-refractivity contribution in [2.24, 2.45) is 0 Å². The van der Waals surface area contributed by atoms with Gasteiger partial charge in [0.25, 0.3) is 0 Å². The predicted molar refractivity (Wildman–Crippen MR) is 63.5 cm³/mol. The molecule has 0 aliphatic heterocycles. The maximum atomic E-state index is 12.8. The SMILES string of the molecule is OC(c1ccc(F)cc1)c1ccccc1OC(F)F. The molecule has 0 aromatic heterocycles. The van der Waals surface area contributed by atoms with Crippen LogP contribution < -0.4 is 4.74 Å². The molecule has 5 heteroatoms. The van der Waals surface area contributed by atoms with Gasteiger partial charge in [0.05, 0.1) is 0 Å². The molecule has 2 nitrogen and oxygen atoms in total. The van der Waals surface area contributed by atoms with E-state index >= 15 is 0 Å². The molecular formula is C14H11F3O2. The van der Waals surface area contributed by atoms with E-state index in [9.17, 15) is 18.3 Å². The number of benzene rings is 2. The number of aliphatic hydroxyl groups excluding tert-OH is 1. The van der Waals surface area contributed by atoms with Gasteiger partial charge < -0.3 is 9.84 Å². The topological polar surface area (TPSA) is 29.5 Å². The van der Waals surface area contributed by atoms with Crippen molar-refractivity contribution in [2.45, 2.75) is 12.7 Å². The molecular weight excluding hydrogens is 257 g/mol. The molecule has 2 rings (SSSR count). The van der Waals surface area contributed by atoms with Gasteiger partial charge in [-0.2, -0.15) is 8.78 Å². The van der Waals surface area contributed by atoms with Crippen LogP contribution in [0.5, 0.6) is 5.75 Å². The van der Waals surface area contributed by atoms with Crippen LogP contribution in [0.15, 0.2) is 48.5 Å². The fourth-order valence-electron chi connectivity index (χ4n) is 1.73. The zero-order valence-corrected chi connectivity index (χ0v) is 9.76. The number of hydrogen-bond donors (Lipinski definition) is 1. The van der Waals surface area contributed by atoms with Gasteiger partial charge in [-0.3, -0.25) is 0 Å². The molecule has 0 fully saturated rings. The summed E-state index contributed by atoms with van der Waals surface area (Å²) in [5.41, 5.74) is 0.598. The Morgan fingerprint density at radius 2 is 1.58 bits per heavy atom. The molecule has 0 bridgehead atoms. The molecule has 2 aromatic rings. The second-order valence-corrected chi connectivity index (χ2v) is 3.87. The Balaban J connectivity index is 2.32. The molecule has 0 aliphatic rings. The molecule has 19 heavy (non-hydrogen) atoms. The summed E-state index contributed by atoms with van der Waals surface area (Å²) >= 11 is 0. The van der Waals surface area contributed by atoms with Crippen molar-refractivity contribution in [3.8, 4) is 5.75 Å². The Bertz CT molecular complexity index is 541. The Kier molecular flexibility index (Phi) is 4.06. The van der Waals surface area contributed by atoms with Crippen LogP contribution in [-0.4, -0.2) is 11.7 Å². The minimum absolute atomic E-state index is 0.102. The van der Waals surface area contributed by atoms with Crippen LogP contribution in [0.2, 0.25) is 0 Å². The zero-order valence-electron chi connectivity index (χ0n) is 9.76. The van der Waals surface area contributed by atoms with Crippen LogP contribution in [0, 0.1) is 5.82 Å². The van der Waals surface area contributed by atoms with E-state index in [-0.39, 0.29) is 11.3 Å². The van der Waals surface area contributed by atoms with E-state index in [0.717, 1.165) is 0 Å². The van der Waals surface area contributed by atoms with Gasteiger partial charge in [-0.15, -0.1) is 0 Å². The van der Waals surface area contributed by atoms with Gasteiger partial charge in [0.2, 0.25) is 0 Å². The second-order valence-electron chi connectivity index (χ2n) is 3.87. The van der Waals surface area contributed by atoms with E-state index < -0.39 is 18.5 Å². The summed E-state index contributed by atoms with van der Waals surface area (Å²) in [6, 6.07) is 11.1. The first-order valence-electron chi connectivity index (χ1n) is 5.55. The molecule has 1 unspecified atom stereocenters. The highest BCUT2D eigenvalue weighted by Crippen LogP contribution is 2.30. The van der Waals surface area contributed by atoms with Crippen LogP contribution in [0.1, 0.15) is 17.2 Å². The number of aliphatic hydroxyl groups is 1. The van der Waals surface area contributed by atoms with Crippen molar-refractivity contribution in [3.05, 3.63) is 65.5 Å². The standard InChI is InChI=1S/C14H11F3O2/c15-10-7-5-9(6-8-10)13(18)11-3-1-2-4-12(11)19-14(16)17/h1-8,13-14,18H. The average molecular weight is 268 g/mol. The summed E-state index contributed by atoms with van der Waals surface area (Å²) in [5, 5.41) is 10.1. The van der Waals surface area contributed by atoms with Crippen LogP contribution in [0.3, 0.4) is 0 Å². The highest BCUT2D eigenvalue weighted by atomic mass is 19.3. The smallest absolute Gasteiger partial charge is 0.387 e. The van der Waals surface area contributed by atoms with Crippen LogP contribution in [-0.2, 0) is 0 Å². The van der Waals surface area contributed by atoms with Gasteiger partial charge in [0.15, 0.2) is 0 Å². The minimum atomic E-state index is -2.97. The highest BCUT2D eigenvalue weighted by molar-refractivity contribution is 5.40. The van der Waals surface area contributed by atoms with Gasteiger partial charge in [-0.25, -0.2) is 4.39 Å². The maximum absolute atomic E-state index is 12.8. The molecule has 100 valence electrons. The normalized spacial score (nSPS) is 12.5. The number of ether oxygens (including phenoxy) is 1. The molecule has 0 heterocycles. The van der Waals surface area contributed by atoms with Crippen molar-refractivity contribution in [1.29, 1.82) is 0 Å². The molecule has 1 N–H and O–H groups in total. The largest absolute Gasteiger partial charge is 0.434 e. The number of para-hydroxylation sites is 1. The number of hydrogen-bond acceptors (Lipinski definition) is 2. The van der Waals surface area contributed by atoms with Crippen molar-refractivity contribution in [3.63, 3.8) is 0 Å². The Labute approximate surface area is 108 Å². The first-order chi connectivity index (χ1) is 9.08. The van der Waals surface area contributed by atoms with E-state index in [4.69, 9.17) is 0 Å². The molecule has 0 amide bonds. The third-order valence-corrected chi connectivity index (χ3v) is 2.62. The molecule has 0 saturated heterocycles. The van der Waals surface area contributed by atoms with E-state index in [1.54, 1.807) is 6.07 Å². The Hall–Kier alpha value is -2.01. The summed E-state index contributed by atoms with van der Waals surface area (Å²) < 4.78 is 41.7. The van der Waals surface area contributed by atoms with Crippen molar-refractivity contribution in [1.82, 2.24) is 0 Å². The third-order valence-electron chi connectivity index (χ3n) is 2.62. The molecule has 0 saturated carbocycles. The van der Waals surface area contributed by atoms with Gasteiger partial charge in [0, 0.05) is 5.56 Å². The van der Waals surface area contributed by atoms with Crippen molar-refractivity contribution >= 4 is 0 Å². The first kappa shape index (κ1) is 13.4. The highest BCUT2D eigenvalue weighted by Gasteiger charge is 2.17. The van der Waals surface area contributed by atoms with Crippen LogP contribution >= 0.6 is 0 Å². The lowest BCUT2D eigenvalue weighted by molar-refractivity contribution is -0.0512. The predicted octanol–water partition coefficient (Wildman–Crippen LogP) is 3.51. The number of rotatable bonds is 4. The lowest BCUT2D eigenvalue weighted by Gasteiger charge is -2.16. The second kappa shape index (κ2) is 5.75. The van der Waals surface area contributed by atoms with E-state index in [2.05, 4.69) is 4.74 Å². The minimum Gasteiger partial charge on any atom is -0.434 e. The van der Waals surface area contributed by atoms with Crippen molar-refractivity contribution in [2.75, 3.05) is 0 Å². The van der Waals surface area contributed by atoms with Crippen LogP contribution in [0.25, 0.3) is 0 Å². The van der Waals surface area contributed by atoms with E-state index in [1.165, 1.54) is 42.5 Å². The van der Waals surface area contributed by atoms with E-state index in [1.807, 2.05) is 0 Å². The van der Waals surface area contributed by atoms with E-state index in [0.29, 0.717) is 5.56 Å². The lowest BCUT2D eigenvalue weighted by atomic mass is 10.0. The van der Waals surface area contributed by atoms with Gasteiger partial charge in [-0.1, -0.05) is 30.3 Å². The maximum Gasteiger partial charge on any atom is 0.387 e. The Morgan fingerprint density at radius 3 is 2.21 bits per heavy atom. The monoisotopic (exact) mass is 268 g/mol. The fourth-order valence-corrected chi connectivity index (χ4v) is 1.73. The lowest BCUT2D eigenvalue weighted by Crippen LogP contribution is -2.07. The average Bonchev–Trinajstić information content (AvgIpc) is 2.39. The molecule has 0 radical (unpaired) electrons. The van der Waals surface area contributed by atoms with Gasteiger partial charge >= 0.3 is 6.61 Å². The summed E-state index contributed by atoms with van der Waals surface area (Å²) in [7, 11) is 0. The van der Waals surface area contributed by atoms with Crippen molar-refractivity contribution < 1.29 is 23.0 Å². The van der Waals surface area contributed by atoms with Crippen LogP contribution in [0.4, 0.5) is 13.2 Å². The van der Waals surface area contributed by atoms with Gasteiger partial charge in [0.1, 0.15) is 17.7 Å². The molecule has 1 atom stereocenters. The summed E-state index contributed by atoms with van der Waals surface area (Å²) in [4.78, 5) is 0.